The molecule has 0 rings (SSSR count). The summed E-state index contributed by atoms with van der Waals surface area (Å²) in [7, 11) is 0. The minimum Gasteiger partial charge on any atom is -0.462 e. The number of allylic oxidation sites excluding steroid dienone is 8. The number of esters is 3. The van der Waals surface area contributed by atoms with Gasteiger partial charge in [-0.25, -0.2) is 0 Å². The van der Waals surface area contributed by atoms with Gasteiger partial charge in [-0.15, -0.1) is 0 Å². The van der Waals surface area contributed by atoms with Crippen LogP contribution in [0.5, 0.6) is 0 Å². The van der Waals surface area contributed by atoms with Gasteiger partial charge in [0.1, 0.15) is 13.2 Å². The molecule has 0 aromatic heterocycles. The van der Waals surface area contributed by atoms with E-state index in [0.29, 0.717) is 19.3 Å². The van der Waals surface area contributed by atoms with E-state index < -0.39 is 6.10 Å². The number of hydrogen-bond acceptors (Lipinski definition) is 6. The van der Waals surface area contributed by atoms with Crippen LogP contribution in [0.3, 0.4) is 0 Å². The molecule has 1 unspecified atom stereocenters. The second kappa shape index (κ2) is 48.0. The Bertz CT molecular complexity index is 1040. The third kappa shape index (κ3) is 46.3. The molecule has 0 spiro atoms. The molecule has 0 aliphatic carbocycles. The lowest BCUT2D eigenvalue weighted by atomic mass is 10.1. The first-order valence-electron chi connectivity index (χ1n) is 25.1. The maximum Gasteiger partial charge on any atom is 0.306 e. The predicted octanol–water partition coefficient (Wildman–Crippen LogP) is 16.3. The van der Waals surface area contributed by atoms with Gasteiger partial charge < -0.3 is 14.2 Å². The summed E-state index contributed by atoms with van der Waals surface area (Å²) in [5.74, 6) is -0.914. The monoisotopic (exact) mass is 827 g/mol. The van der Waals surface area contributed by atoms with Crippen LogP contribution < -0.4 is 0 Å². The molecular formula is C53H94O6. The average molecular weight is 827 g/mol. The Morgan fingerprint density at radius 3 is 1.07 bits per heavy atom. The smallest absolute Gasteiger partial charge is 0.306 e. The Balaban J connectivity index is 4.31. The van der Waals surface area contributed by atoms with Crippen LogP contribution in [-0.4, -0.2) is 37.2 Å². The highest BCUT2D eigenvalue weighted by molar-refractivity contribution is 5.71. The van der Waals surface area contributed by atoms with Crippen LogP contribution in [0, 0.1) is 0 Å². The van der Waals surface area contributed by atoms with Crippen LogP contribution in [0.4, 0.5) is 0 Å². The molecule has 0 aromatic carbocycles. The van der Waals surface area contributed by atoms with Gasteiger partial charge in [-0.3, -0.25) is 14.4 Å². The number of unbranched alkanes of at least 4 members (excludes halogenated alkanes) is 26. The van der Waals surface area contributed by atoms with E-state index in [1.807, 2.05) is 0 Å². The molecule has 0 saturated carbocycles. The first-order chi connectivity index (χ1) is 29.0. The van der Waals surface area contributed by atoms with Gasteiger partial charge in [0.15, 0.2) is 6.10 Å². The van der Waals surface area contributed by atoms with Crippen LogP contribution in [0.25, 0.3) is 0 Å². The standard InChI is InChI=1S/C53H94O6/c1-4-7-10-13-16-19-21-23-24-25-26-27-28-30-31-34-37-40-43-46-52(55)58-49-50(48-57-51(54)45-42-39-36-33-18-15-12-9-6-3)59-53(56)47-44-41-38-35-32-29-22-20-17-14-11-8-5-2/h8,11,17,20,23-24,29,32,50H,4-7,9-10,12-16,18-19,21-22,25-28,30-31,33-49H2,1-3H3/b11-8-,20-17-,24-23-,32-29-. The summed E-state index contributed by atoms with van der Waals surface area (Å²) in [5.41, 5.74) is 0. The SMILES string of the molecule is CC/C=C\C/C=C\C/C=C\CCCCCC(=O)OC(COC(=O)CCCCCCCCCCC)COC(=O)CCCCCCCCCCC/C=C\CCCCCCCC. The lowest BCUT2D eigenvalue weighted by Gasteiger charge is -2.18. The zero-order valence-corrected chi connectivity index (χ0v) is 39.0. The van der Waals surface area contributed by atoms with E-state index in [4.69, 9.17) is 14.2 Å². The van der Waals surface area contributed by atoms with Gasteiger partial charge in [-0.05, 0) is 77.0 Å². The molecule has 59 heavy (non-hydrogen) atoms. The van der Waals surface area contributed by atoms with Crippen LogP contribution >= 0.6 is 0 Å². The third-order valence-corrected chi connectivity index (χ3v) is 10.8. The molecule has 1 atom stereocenters. The summed E-state index contributed by atoms with van der Waals surface area (Å²) in [6.45, 7) is 6.48. The van der Waals surface area contributed by atoms with Crippen molar-refractivity contribution in [3.8, 4) is 0 Å². The molecule has 0 heterocycles. The summed E-state index contributed by atoms with van der Waals surface area (Å²) < 4.78 is 16.7. The Hall–Kier alpha value is -2.63. The summed E-state index contributed by atoms with van der Waals surface area (Å²) >= 11 is 0. The lowest BCUT2D eigenvalue weighted by Crippen LogP contribution is -2.30. The van der Waals surface area contributed by atoms with Gasteiger partial charge in [0.05, 0.1) is 0 Å². The number of carbonyl (C=O) groups excluding carboxylic acids is 3. The van der Waals surface area contributed by atoms with Crippen molar-refractivity contribution < 1.29 is 28.6 Å². The summed E-state index contributed by atoms with van der Waals surface area (Å²) in [6.07, 6.45) is 56.7. The quantitative estimate of drug-likeness (QED) is 0.0263. The molecule has 0 aliphatic rings. The lowest BCUT2D eigenvalue weighted by molar-refractivity contribution is -0.167. The van der Waals surface area contributed by atoms with Gasteiger partial charge >= 0.3 is 17.9 Å². The van der Waals surface area contributed by atoms with E-state index >= 15 is 0 Å². The highest BCUT2D eigenvalue weighted by Gasteiger charge is 2.19. The van der Waals surface area contributed by atoms with Crippen LogP contribution in [0.1, 0.15) is 252 Å². The van der Waals surface area contributed by atoms with Crippen LogP contribution in [0.2, 0.25) is 0 Å². The van der Waals surface area contributed by atoms with Gasteiger partial charge in [-0.2, -0.15) is 0 Å². The number of carbonyl (C=O) groups is 3. The fraction of sp³-hybridized carbons (Fsp3) is 0.792. The van der Waals surface area contributed by atoms with E-state index in [1.54, 1.807) is 0 Å². The van der Waals surface area contributed by atoms with E-state index in [9.17, 15) is 14.4 Å². The molecule has 0 saturated heterocycles. The number of rotatable bonds is 45. The fourth-order valence-corrected chi connectivity index (χ4v) is 7.04. The molecule has 0 bridgehead atoms. The van der Waals surface area contributed by atoms with Crippen molar-refractivity contribution in [2.24, 2.45) is 0 Å². The molecule has 0 N–H and O–H groups in total. The Labute approximate surface area is 365 Å². The van der Waals surface area contributed by atoms with Crippen molar-refractivity contribution in [3.63, 3.8) is 0 Å². The van der Waals surface area contributed by atoms with Crippen molar-refractivity contribution in [2.75, 3.05) is 13.2 Å². The van der Waals surface area contributed by atoms with Gasteiger partial charge in [0.2, 0.25) is 0 Å². The maximum absolute atomic E-state index is 12.7. The Kier molecular flexibility index (Phi) is 45.9. The maximum atomic E-state index is 12.7. The molecule has 6 nitrogen and oxygen atoms in total. The average Bonchev–Trinajstić information content (AvgIpc) is 3.23. The van der Waals surface area contributed by atoms with E-state index in [-0.39, 0.29) is 31.1 Å². The number of hydrogen-bond donors (Lipinski definition) is 0. The van der Waals surface area contributed by atoms with Gasteiger partial charge in [0, 0.05) is 19.3 Å². The largest absolute Gasteiger partial charge is 0.462 e. The first-order valence-corrected chi connectivity index (χ1v) is 25.1. The van der Waals surface area contributed by atoms with Crippen molar-refractivity contribution in [1.82, 2.24) is 0 Å². The van der Waals surface area contributed by atoms with Gasteiger partial charge in [-0.1, -0.05) is 204 Å². The molecule has 6 heteroatoms. The number of ether oxygens (including phenoxy) is 3. The molecule has 0 fully saturated rings. The zero-order chi connectivity index (χ0) is 43.0. The fourth-order valence-electron chi connectivity index (χ4n) is 7.04. The summed E-state index contributed by atoms with van der Waals surface area (Å²) in [6, 6.07) is 0. The first kappa shape index (κ1) is 56.4. The van der Waals surface area contributed by atoms with Gasteiger partial charge in [0.25, 0.3) is 0 Å². The molecule has 0 aliphatic heterocycles. The minimum atomic E-state index is -0.784. The second-order valence-electron chi connectivity index (χ2n) is 16.7. The van der Waals surface area contributed by atoms with Crippen molar-refractivity contribution in [2.45, 2.75) is 258 Å². The summed E-state index contributed by atoms with van der Waals surface area (Å²) in [4.78, 5) is 37.8. The van der Waals surface area contributed by atoms with E-state index in [0.717, 1.165) is 83.5 Å². The molecule has 0 amide bonds. The minimum absolute atomic E-state index is 0.0840. The van der Waals surface area contributed by atoms with Crippen LogP contribution in [-0.2, 0) is 28.6 Å². The van der Waals surface area contributed by atoms with Crippen molar-refractivity contribution in [1.29, 1.82) is 0 Å². The Morgan fingerprint density at radius 2 is 0.661 bits per heavy atom. The normalized spacial score (nSPS) is 12.4. The molecule has 342 valence electrons. The van der Waals surface area contributed by atoms with E-state index in [2.05, 4.69) is 69.4 Å². The second-order valence-corrected chi connectivity index (χ2v) is 16.7. The predicted molar refractivity (Wildman–Crippen MR) is 252 cm³/mol. The molecule has 0 radical (unpaired) electrons. The zero-order valence-electron chi connectivity index (χ0n) is 39.0. The molecular weight excluding hydrogens is 733 g/mol. The highest BCUT2D eigenvalue weighted by Crippen LogP contribution is 2.15. The highest BCUT2D eigenvalue weighted by atomic mass is 16.6. The van der Waals surface area contributed by atoms with Crippen LogP contribution in [0.15, 0.2) is 48.6 Å². The Morgan fingerprint density at radius 1 is 0.356 bits per heavy atom. The van der Waals surface area contributed by atoms with Crippen molar-refractivity contribution in [3.05, 3.63) is 48.6 Å². The molecule has 0 aromatic rings. The topological polar surface area (TPSA) is 78.9 Å². The van der Waals surface area contributed by atoms with E-state index in [1.165, 1.54) is 128 Å². The summed E-state index contributed by atoms with van der Waals surface area (Å²) in [5, 5.41) is 0. The third-order valence-electron chi connectivity index (χ3n) is 10.8. The van der Waals surface area contributed by atoms with Crippen molar-refractivity contribution >= 4 is 17.9 Å².